The van der Waals surface area contributed by atoms with Crippen molar-refractivity contribution < 1.29 is 10.2 Å². The highest BCUT2D eigenvalue weighted by Gasteiger charge is 2.11. The van der Waals surface area contributed by atoms with Crippen LogP contribution in [-0.4, -0.2) is 42.4 Å². The fourth-order valence-corrected chi connectivity index (χ4v) is 1.57. The molecule has 0 saturated carbocycles. The van der Waals surface area contributed by atoms with E-state index >= 15 is 0 Å². The van der Waals surface area contributed by atoms with Crippen molar-refractivity contribution in [2.24, 2.45) is 5.73 Å². The van der Waals surface area contributed by atoms with Gasteiger partial charge < -0.3 is 20.8 Å². The van der Waals surface area contributed by atoms with E-state index in [0.717, 1.165) is 5.69 Å². The molecular formula is C11H17N3O2. The molecule has 0 fully saturated rings. The zero-order chi connectivity index (χ0) is 12.0. The van der Waals surface area contributed by atoms with Gasteiger partial charge >= 0.3 is 0 Å². The van der Waals surface area contributed by atoms with Gasteiger partial charge in [-0.05, 0) is 12.1 Å². The van der Waals surface area contributed by atoms with Gasteiger partial charge in [0.2, 0.25) is 0 Å². The van der Waals surface area contributed by atoms with E-state index in [2.05, 4.69) is 0 Å². The summed E-state index contributed by atoms with van der Waals surface area (Å²) in [5.41, 5.74) is 6.85. The summed E-state index contributed by atoms with van der Waals surface area (Å²) in [6, 6.07) is 7.21. The number of nitrogens with zero attached hydrogens (tertiary/aromatic N) is 1. The Hall–Kier alpha value is -1.59. The summed E-state index contributed by atoms with van der Waals surface area (Å²) < 4.78 is 0. The van der Waals surface area contributed by atoms with Crippen molar-refractivity contribution in [2.45, 2.75) is 0 Å². The molecule has 1 aromatic rings. The summed E-state index contributed by atoms with van der Waals surface area (Å²) >= 11 is 0. The van der Waals surface area contributed by atoms with Gasteiger partial charge in [-0.1, -0.05) is 12.1 Å². The first-order valence-electron chi connectivity index (χ1n) is 5.10. The Morgan fingerprint density at radius 1 is 1.19 bits per heavy atom. The lowest BCUT2D eigenvalue weighted by molar-refractivity contribution is 0.281. The summed E-state index contributed by atoms with van der Waals surface area (Å²) in [7, 11) is 0. The maximum atomic E-state index is 8.95. The molecular weight excluding hydrogens is 206 g/mol. The number of hydrogen-bond donors (Lipinski definition) is 4. The maximum absolute atomic E-state index is 8.95. The molecule has 0 aliphatic heterocycles. The lowest BCUT2D eigenvalue weighted by atomic mass is 10.1. The Morgan fingerprint density at radius 2 is 1.75 bits per heavy atom. The van der Waals surface area contributed by atoms with Crippen LogP contribution >= 0.6 is 0 Å². The van der Waals surface area contributed by atoms with Crippen LogP contribution in [0.1, 0.15) is 5.56 Å². The molecule has 0 amide bonds. The highest BCUT2D eigenvalue weighted by molar-refractivity contribution is 6.00. The second-order valence-corrected chi connectivity index (χ2v) is 3.37. The van der Waals surface area contributed by atoms with Crippen LogP contribution in [0.25, 0.3) is 0 Å². The van der Waals surface area contributed by atoms with Gasteiger partial charge in [0, 0.05) is 24.3 Å². The van der Waals surface area contributed by atoms with Gasteiger partial charge in [0.05, 0.1) is 13.2 Å². The fraction of sp³-hybridized carbons (Fsp3) is 0.364. The van der Waals surface area contributed by atoms with Crippen molar-refractivity contribution in [3.8, 4) is 0 Å². The van der Waals surface area contributed by atoms with Gasteiger partial charge in [-0.3, -0.25) is 5.41 Å². The number of aliphatic hydroxyl groups excluding tert-OH is 2. The van der Waals surface area contributed by atoms with E-state index in [1.165, 1.54) is 0 Å². The first-order valence-corrected chi connectivity index (χ1v) is 5.10. The number of para-hydroxylation sites is 1. The van der Waals surface area contributed by atoms with E-state index < -0.39 is 0 Å². The van der Waals surface area contributed by atoms with Crippen molar-refractivity contribution in [1.29, 1.82) is 5.41 Å². The zero-order valence-corrected chi connectivity index (χ0v) is 9.06. The average Bonchev–Trinajstić information content (AvgIpc) is 2.29. The Labute approximate surface area is 94.6 Å². The molecule has 0 aromatic heterocycles. The number of nitrogens with two attached hydrogens (primary N) is 1. The van der Waals surface area contributed by atoms with Crippen LogP contribution < -0.4 is 10.6 Å². The van der Waals surface area contributed by atoms with Crippen LogP contribution in [0.15, 0.2) is 24.3 Å². The Morgan fingerprint density at radius 3 is 2.25 bits per heavy atom. The number of nitrogen functional groups attached to an aromatic ring is 1. The van der Waals surface area contributed by atoms with E-state index in [9.17, 15) is 0 Å². The van der Waals surface area contributed by atoms with Gasteiger partial charge in [-0.25, -0.2) is 0 Å². The normalized spacial score (nSPS) is 10.1. The lowest BCUT2D eigenvalue weighted by Gasteiger charge is -2.25. The van der Waals surface area contributed by atoms with Gasteiger partial charge in [-0.15, -0.1) is 0 Å². The third-order valence-corrected chi connectivity index (χ3v) is 2.27. The number of anilines is 1. The van der Waals surface area contributed by atoms with E-state index in [1.807, 2.05) is 12.1 Å². The third-order valence-electron chi connectivity index (χ3n) is 2.27. The highest BCUT2D eigenvalue weighted by Crippen LogP contribution is 2.19. The molecule has 0 radical (unpaired) electrons. The van der Waals surface area contributed by atoms with Crippen LogP contribution in [-0.2, 0) is 0 Å². The van der Waals surface area contributed by atoms with E-state index in [1.54, 1.807) is 17.0 Å². The Bertz CT molecular complexity index is 349. The van der Waals surface area contributed by atoms with Crippen molar-refractivity contribution in [2.75, 3.05) is 31.2 Å². The Balaban J connectivity index is 3.02. The lowest BCUT2D eigenvalue weighted by Crippen LogP contribution is -2.31. The van der Waals surface area contributed by atoms with Crippen LogP contribution in [0.4, 0.5) is 5.69 Å². The topological polar surface area (TPSA) is 93.6 Å². The summed E-state index contributed by atoms with van der Waals surface area (Å²) in [4.78, 5) is 1.80. The molecule has 5 N–H and O–H groups in total. The first kappa shape index (κ1) is 12.5. The molecule has 1 aromatic carbocycles. The summed E-state index contributed by atoms with van der Waals surface area (Å²) in [6.45, 7) is 0.800. The number of aliphatic hydroxyl groups is 2. The predicted molar refractivity (Wildman–Crippen MR) is 63.8 cm³/mol. The van der Waals surface area contributed by atoms with E-state index in [4.69, 9.17) is 21.4 Å². The highest BCUT2D eigenvalue weighted by atomic mass is 16.3. The minimum atomic E-state index is -0.0171. The summed E-state index contributed by atoms with van der Waals surface area (Å²) in [5, 5.41) is 25.4. The molecule has 0 unspecified atom stereocenters. The van der Waals surface area contributed by atoms with E-state index in [0.29, 0.717) is 18.7 Å². The van der Waals surface area contributed by atoms with Crippen molar-refractivity contribution >= 4 is 11.5 Å². The van der Waals surface area contributed by atoms with E-state index in [-0.39, 0.29) is 19.0 Å². The van der Waals surface area contributed by atoms with Gasteiger partial charge in [0.1, 0.15) is 5.84 Å². The van der Waals surface area contributed by atoms with Crippen molar-refractivity contribution in [3.05, 3.63) is 29.8 Å². The van der Waals surface area contributed by atoms with Crippen LogP contribution in [0.5, 0.6) is 0 Å². The minimum absolute atomic E-state index is 0.00770. The van der Waals surface area contributed by atoms with Crippen LogP contribution in [0.2, 0.25) is 0 Å². The predicted octanol–water partition coefficient (Wildman–Crippen LogP) is -0.238. The first-order chi connectivity index (χ1) is 7.70. The van der Waals surface area contributed by atoms with Gasteiger partial charge in [-0.2, -0.15) is 0 Å². The smallest absolute Gasteiger partial charge is 0.124 e. The SMILES string of the molecule is N=C(N)c1ccccc1N(CCO)CCO. The van der Waals surface area contributed by atoms with Gasteiger partial charge in [0.15, 0.2) is 0 Å². The quantitative estimate of drug-likeness (QED) is 0.395. The zero-order valence-electron chi connectivity index (χ0n) is 9.06. The third kappa shape index (κ3) is 2.95. The molecule has 0 bridgehead atoms. The molecule has 5 nitrogen and oxygen atoms in total. The summed E-state index contributed by atoms with van der Waals surface area (Å²) in [6.07, 6.45) is 0. The molecule has 88 valence electrons. The van der Waals surface area contributed by atoms with Crippen molar-refractivity contribution in [1.82, 2.24) is 0 Å². The fourth-order valence-electron chi connectivity index (χ4n) is 1.57. The van der Waals surface area contributed by atoms with Gasteiger partial charge in [0.25, 0.3) is 0 Å². The number of rotatable bonds is 6. The van der Waals surface area contributed by atoms with Crippen LogP contribution in [0, 0.1) is 5.41 Å². The number of nitrogens with one attached hydrogen (secondary N) is 1. The average molecular weight is 223 g/mol. The van der Waals surface area contributed by atoms with Crippen LogP contribution in [0.3, 0.4) is 0 Å². The second kappa shape index (κ2) is 6.09. The molecule has 0 atom stereocenters. The number of hydrogen-bond acceptors (Lipinski definition) is 4. The van der Waals surface area contributed by atoms with Crippen molar-refractivity contribution in [3.63, 3.8) is 0 Å². The molecule has 5 heteroatoms. The number of amidine groups is 1. The number of benzene rings is 1. The maximum Gasteiger partial charge on any atom is 0.124 e. The standard InChI is InChI=1S/C11H17N3O2/c12-11(13)9-3-1-2-4-10(9)14(5-7-15)6-8-16/h1-4,15-16H,5-8H2,(H3,12,13). The Kier molecular flexibility index (Phi) is 4.75. The molecule has 0 aliphatic carbocycles. The monoisotopic (exact) mass is 223 g/mol. The molecule has 16 heavy (non-hydrogen) atoms. The minimum Gasteiger partial charge on any atom is -0.395 e. The molecule has 0 heterocycles. The largest absolute Gasteiger partial charge is 0.395 e. The second-order valence-electron chi connectivity index (χ2n) is 3.37. The summed E-state index contributed by atoms with van der Waals surface area (Å²) in [5.74, 6) is -0.0171. The molecule has 1 rings (SSSR count). The molecule has 0 aliphatic rings. The molecule has 0 saturated heterocycles. The molecule has 0 spiro atoms.